The minimum Gasteiger partial charge on any atom is -0.497 e. The van der Waals surface area contributed by atoms with Crippen molar-refractivity contribution in [1.82, 2.24) is 24.9 Å². The van der Waals surface area contributed by atoms with E-state index in [0.717, 1.165) is 40.1 Å². The van der Waals surface area contributed by atoms with Crippen LogP contribution in [0, 0.1) is 0 Å². The number of para-hydroxylation sites is 1. The van der Waals surface area contributed by atoms with E-state index in [1.165, 1.54) is 11.8 Å². The smallest absolute Gasteiger partial charge is 0.230 e. The van der Waals surface area contributed by atoms with Crippen molar-refractivity contribution in [2.75, 3.05) is 12.9 Å². The Morgan fingerprint density at radius 3 is 2.67 bits per heavy atom. The molecular weight excluding hydrogens is 398 g/mol. The van der Waals surface area contributed by atoms with Crippen LogP contribution in [0.4, 0.5) is 0 Å². The summed E-state index contributed by atoms with van der Waals surface area (Å²) >= 11 is 1.35. The van der Waals surface area contributed by atoms with Gasteiger partial charge in [0.1, 0.15) is 11.6 Å². The number of amides is 1. The van der Waals surface area contributed by atoms with E-state index in [0.29, 0.717) is 5.16 Å². The summed E-state index contributed by atoms with van der Waals surface area (Å²) in [5.41, 5.74) is 2.47. The highest BCUT2D eigenvalue weighted by molar-refractivity contribution is 7.99. The zero-order valence-electron chi connectivity index (χ0n) is 17.1. The lowest BCUT2D eigenvalue weighted by molar-refractivity contribution is -0.119. The Hall–Kier alpha value is -3.13. The maximum absolute atomic E-state index is 12.3. The topological polar surface area (TPSA) is 81.4 Å². The van der Waals surface area contributed by atoms with Crippen LogP contribution in [0.3, 0.4) is 0 Å². The quantitative estimate of drug-likeness (QED) is 0.455. The number of thioether (sulfide) groups is 1. The third-order valence-corrected chi connectivity index (χ3v) is 5.85. The van der Waals surface area contributed by atoms with E-state index >= 15 is 0 Å². The van der Waals surface area contributed by atoms with Crippen LogP contribution < -0.4 is 10.1 Å². The maximum atomic E-state index is 12.3. The number of nitrogens with zero attached hydrogens (tertiary/aromatic N) is 4. The second kappa shape index (κ2) is 8.71. The third kappa shape index (κ3) is 3.95. The van der Waals surface area contributed by atoms with Gasteiger partial charge in [0.25, 0.3) is 0 Å². The highest BCUT2D eigenvalue weighted by Gasteiger charge is 2.18. The van der Waals surface area contributed by atoms with Crippen molar-refractivity contribution in [3.05, 3.63) is 48.5 Å². The third-order valence-electron chi connectivity index (χ3n) is 4.92. The van der Waals surface area contributed by atoms with E-state index < -0.39 is 0 Å². The lowest BCUT2D eigenvalue weighted by atomic mass is 10.1. The number of hydrogen-bond donors (Lipinski definition) is 1. The Kier molecular flexibility index (Phi) is 5.85. The van der Waals surface area contributed by atoms with Crippen molar-refractivity contribution in [1.29, 1.82) is 0 Å². The number of methoxy groups -OCH3 is 1. The number of benzene rings is 2. The number of carbonyl (C=O) groups excluding carboxylic acids is 1. The Labute approximate surface area is 178 Å². The van der Waals surface area contributed by atoms with E-state index in [1.54, 1.807) is 7.11 Å². The molecule has 0 radical (unpaired) electrons. The molecule has 0 aliphatic heterocycles. The van der Waals surface area contributed by atoms with Gasteiger partial charge in [-0.05, 0) is 49.7 Å². The van der Waals surface area contributed by atoms with Gasteiger partial charge < -0.3 is 10.1 Å². The standard InChI is InChI=1S/C22H23N5O2S/c1-4-14(2)23-19(28)13-30-22-26-25-21-17-7-5-6-8-18(17)24-20(27(21)22)15-9-11-16(29-3)12-10-15/h5-12,14H,4,13H2,1-3H3,(H,23,28). The Morgan fingerprint density at radius 2 is 1.93 bits per heavy atom. The van der Waals surface area contributed by atoms with Crippen molar-refractivity contribution >= 4 is 34.2 Å². The number of aromatic nitrogens is 4. The molecule has 1 amide bonds. The molecule has 0 fully saturated rings. The molecule has 7 nitrogen and oxygen atoms in total. The van der Waals surface area contributed by atoms with Gasteiger partial charge in [0, 0.05) is 17.0 Å². The van der Waals surface area contributed by atoms with Gasteiger partial charge in [-0.3, -0.25) is 9.20 Å². The van der Waals surface area contributed by atoms with Gasteiger partial charge in [-0.15, -0.1) is 10.2 Å². The molecule has 30 heavy (non-hydrogen) atoms. The van der Waals surface area contributed by atoms with Gasteiger partial charge in [-0.25, -0.2) is 4.98 Å². The number of hydrogen-bond acceptors (Lipinski definition) is 6. The summed E-state index contributed by atoms with van der Waals surface area (Å²) in [6.07, 6.45) is 0.891. The molecule has 0 spiro atoms. The number of ether oxygens (including phenoxy) is 1. The second-order valence-electron chi connectivity index (χ2n) is 6.99. The molecule has 4 rings (SSSR count). The van der Waals surface area contributed by atoms with Gasteiger partial charge >= 0.3 is 0 Å². The van der Waals surface area contributed by atoms with E-state index in [2.05, 4.69) is 15.5 Å². The van der Waals surface area contributed by atoms with Gasteiger partial charge in [-0.2, -0.15) is 0 Å². The number of carbonyl (C=O) groups is 1. The van der Waals surface area contributed by atoms with Crippen molar-refractivity contribution in [2.24, 2.45) is 0 Å². The van der Waals surface area contributed by atoms with E-state index in [-0.39, 0.29) is 17.7 Å². The summed E-state index contributed by atoms with van der Waals surface area (Å²) in [7, 11) is 1.64. The molecule has 1 atom stereocenters. The monoisotopic (exact) mass is 421 g/mol. The normalized spacial score (nSPS) is 12.2. The summed E-state index contributed by atoms with van der Waals surface area (Å²) in [6.45, 7) is 4.04. The first kappa shape index (κ1) is 20.2. The molecule has 0 aliphatic rings. The Balaban J connectivity index is 1.78. The van der Waals surface area contributed by atoms with Crippen LogP contribution in [-0.4, -0.2) is 44.4 Å². The summed E-state index contributed by atoms with van der Waals surface area (Å²) in [4.78, 5) is 17.1. The minimum absolute atomic E-state index is 0.0224. The van der Waals surface area contributed by atoms with Crippen molar-refractivity contribution in [3.8, 4) is 17.1 Å². The molecule has 0 saturated carbocycles. The highest BCUT2D eigenvalue weighted by Crippen LogP contribution is 2.29. The average Bonchev–Trinajstić information content (AvgIpc) is 3.21. The maximum Gasteiger partial charge on any atom is 0.230 e. The molecule has 4 aromatic rings. The number of nitrogens with one attached hydrogen (secondary N) is 1. The molecule has 2 heterocycles. The lowest BCUT2D eigenvalue weighted by Gasteiger charge is -2.12. The van der Waals surface area contributed by atoms with Crippen LogP contribution >= 0.6 is 11.8 Å². The highest BCUT2D eigenvalue weighted by atomic mass is 32.2. The van der Waals surface area contributed by atoms with Crippen molar-refractivity contribution < 1.29 is 9.53 Å². The van der Waals surface area contributed by atoms with Gasteiger partial charge in [-0.1, -0.05) is 30.8 Å². The fraction of sp³-hybridized carbons (Fsp3) is 0.273. The fourth-order valence-electron chi connectivity index (χ4n) is 3.14. The second-order valence-corrected chi connectivity index (χ2v) is 7.93. The van der Waals surface area contributed by atoms with E-state index in [1.807, 2.05) is 66.8 Å². The molecular formula is C22H23N5O2S. The summed E-state index contributed by atoms with van der Waals surface area (Å²) in [5.74, 6) is 1.74. The van der Waals surface area contributed by atoms with Crippen LogP contribution in [-0.2, 0) is 4.79 Å². The molecule has 2 aromatic carbocycles. The number of rotatable bonds is 7. The molecule has 0 saturated heterocycles. The van der Waals surface area contributed by atoms with Crippen LogP contribution in [0.1, 0.15) is 20.3 Å². The van der Waals surface area contributed by atoms with Gasteiger partial charge in [0.2, 0.25) is 5.91 Å². The first-order chi connectivity index (χ1) is 14.6. The molecule has 8 heteroatoms. The van der Waals surface area contributed by atoms with Gasteiger partial charge in [0.15, 0.2) is 10.8 Å². The predicted octanol–water partition coefficient (Wildman–Crippen LogP) is 3.96. The summed E-state index contributed by atoms with van der Waals surface area (Å²) < 4.78 is 7.20. The largest absolute Gasteiger partial charge is 0.497 e. The minimum atomic E-state index is -0.0224. The van der Waals surface area contributed by atoms with Crippen LogP contribution in [0.25, 0.3) is 27.9 Å². The van der Waals surface area contributed by atoms with Crippen LogP contribution in [0.2, 0.25) is 0 Å². The van der Waals surface area contributed by atoms with Crippen LogP contribution in [0.5, 0.6) is 5.75 Å². The van der Waals surface area contributed by atoms with E-state index in [9.17, 15) is 4.79 Å². The van der Waals surface area contributed by atoms with Gasteiger partial charge in [0.05, 0.1) is 18.4 Å². The van der Waals surface area contributed by atoms with Crippen LogP contribution in [0.15, 0.2) is 53.7 Å². The zero-order valence-corrected chi connectivity index (χ0v) is 17.9. The molecule has 0 bridgehead atoms. The molecule has 0 aliphatic carbocycles. The van der Waals surface area contributed by atoms with E-state index in [4.69, 9.17) is 9.72 Å². The summed E-state index contributed by atoms with van der Waals surface area (Å²) in [5, 5.41) is 13.3. The molecule has 2 aromatic heterocycles. The average molecular weight is 422 g/mol. The molecule has 154 valence electrons. The predicted molar refractivity (Wildman–Crippen MR) is 119 cm³/mol. The SMILES string of the molecule is CCC(C)NC(=O)CSc1nnc2c3ccccc3nc(-c3ccc(OC)cc3)n12. The zero-order chi connectivity index (χ0) is 21.1. The first-order valence-electron chi connectivity index (χ1n) is 9.81. The van der Waals surface area contributed by atoms with Crippen molar-refractivity contribution in [3.63, 3.8) is 0 Å². The molecule has 1 N–H and O–H groups in total. The summed E-state index contributed by atoms with van der Waals surface area (Å²) in [6, 6.07) is 15.7. The molecule has 1 unspecified atom stereocenters. The fourth-order valence-corrected chi connectivity index (χ4v) is 3.88. The Morgan fingerprint density at radius 1 is 1.17 bits per heavy atom. The van der Waals surface area contributed by atoms with Crippen molar-refractivity contribution in [2.45, 2.75) is 31.5 Å². The Bertz CT molecular complexity index is 1190. The first-order valence-corrected chi connectivity index (χ1v) is 10.8. The number of fused-ring (bicyclic) bond motifs is 3. The lowest BCUT2D eigenvalue weighted by Crippen LogP contribution is -2.33.